The Labute approximate surface area is 89.8 Å². The lowest BCUT2D eigenvalue weighted by Crippen LogP contribution is -2.49. The molecule has 0 aromatic carbocycles. The molecule has 1 atom stereocenters. The highest BCUT2D eigenvalue weighted by Crippen LogP contribution is 2.07. The van der Waals surface area contributed by atoms with Crippen LogP contribution in [0.15, 0.2) is 4.52 Å². The number of rotatable bonds is 3. The van der Waals surface area contributed by atoms with E-state index < -0.39 is 0 Å². The number of aryl methyl sites for hydroxylation is 1. The van der Waals surface area contributed by atoms with Gasteiger partial charge in [0.25, 0.3) is 0 Å². The summed E-state index contributed by atoms with van der Waals surface area (Å²) in [4.78, 5) is 6.69. The molecule has 0 radical (unpaired) electrons. The van der Waals surface area contributed by atoms with E-state index in [2.05, 4.69) is 27.3 Å². The molecule has 0 saturated carbocycles. The van der Waals surface area contributed by atoms with Gasteiger partial charge in [0.15, 0.2) is 5.82 Å². The minimum atomic E-state index is 0.544. The van der Waals surface area contributed by atoms with Crippen molar-refractivity contribution >= 4 is 0 Å². The molecule has 5 heteroatoms. The Morgan fingerprint density at radius 1 is 1.60 bits per heavy atom. The summed E-state index contributed by atoms with van der Waals surface area (Å²) in [5.41, 5.74) is 0. The monoisotopic (exact) mass is 210 g/mol. The molecule has 2 heterocycles. The van der Waals surface area contributed by atoms with Crippen LogP contribution in [0.4, 0.5) is 0 Å². The van der Waals surface area contributed by atoms with Crippen molar-refractivity contribution in [2.75, 3.05) is 19.6 Å². The average molecular weight is 210 g/mol. The fourth-order valence-corrected chi connectivity index (χ4v) is 1.80. The SMILES string of the molecule is CCc1nc(CN2CCNCC2C)no1. The van der Waals surface area contributed by atoms with E-state index in [1.807, 2.05) is 6.92 Å². The summed E-state index contributed by atoms with van der Waals surface area (Å²) >= 11 is 0. The van der Waals surface area contributed by atoms with Gasteiger partial charge in [0.05, 0.1) is 6.54 Å². The van der Waals surface area contributed by atoms with E-state index in [1.54, 1.807) is 0 Å². The molecule has 1 N–H and O–H groups in total. The molecule has 1 aromatic rings. The molecule has 1 aliphatic rings. The number of nitrogens with zero attached hydrogens (tertiary/aromatic N) is 3. The van der Waals surface area contributed by atoms with Gasteiger partial charge in [-0.2, -0.15) is 4.98 Å². The third-order valence-corrected chi connectivity index (χ3v) is 2.80. The molecule has 2 rings (SSSR count). The van der Waals surface area contributed by atoms with Crippen LogP contribution >= 0.6 is 0 Å². The van der Waals surface area contributed by atoms with Crippen molar-refractivity contribution < 1.29 is 4.52 Å². The molecule has 1 saturated heterocycles. The smallest absolute Gasteiger partial charge is 0.226 e. The summed E-state index contributed by atoms with van der Waals surface area (Å²) in [6, 6.07) is 0.544. The Bertz CT molecular complexity index is 312. The topological polar surface area (TPSA) is 54.2 Å². The second kappa shape index (κ2) is 4.72. The van der Waals surface area contributed by atoms with Crippen LogP contribution in [0.2, 0.25) is 0 Å². The lowest BCUT2D eigenvalue weighted by atomic mass is 10.2. The van der Waals surface area contributed by atoms with Gasteiger partial charge in [-0.25, -0.2) is 0 Å². The van der Waals surface area contributed by atoms with E-state index in [1.165, 1.54) is 0 Å². The maximum Gasteiger partial charge on any atom is 0.226 e. The van der Waals surface area contributed by atoms with Crippen LogP contribution in [0.25, 0.3) is 0 Å². The molecule has 1 aromatic heterocycles. The molecule has 0 aliphatic carbocycles. The minimum absolute atomic E-state index is 0.544. The van der Waals surface area contributed by atoms with Gasteiger partial charge < -0.3 is 9.84 Å². The predicted octanol–water partition coefficient (Wildman–Crippen LogP) is 0.426. The molecular weight excluding hydrogens is 192 g/mol. The summed E-state index contributed by atoms with van der Waals surface area (Å²) in [6.07, 6.45) is 0.810. The number of nitrogens with one attached hydrogen (secondary N) is 1. The summed E-state index contributed by atoms with van der Waals surface area (Å²) < 4.78 is 5.09. The van der Waals surface area contributed by atoms with Gasteiger partial charge in [0, 0.05) is 32.1 Å². The molecule has 15 heavy (non-hydrogen) atoms. The average Bonchev–Trinajstić information content (AvgIpc) is 2.69. The molecule has 0 spiro atoms. The first-order valence-electron chi connectivity index (χ1n) is 5.56. The second-order valence-electron chi connectivity index (χ2n) is 3.98. The van der Waals surface area contributed by atoms with Crippen LogP contribution in [0.5, 0.6) is 0 Å². The first-order chi connectivity index (χ1) is 7.29. The largest absolute Gasteiger partial charge is 0.339 e. The van der Waals surface area contributed by atoms with E-state index in [0.29, 0.717) is 6.04 Å². The summed E-state index contributed by atoms with van der Waals surface area (Å²) in [6.45, 7) is 8.17. The van der Waals surface area contributed by atoms with Crippen LogP contribution in [-0.4, -0.2) is 40.7 Å². The number of hydrogen-bond donors (Lipinski definition) is 1. The standard InChI is InChI=1S/C10H18N4O/c1-3-10-12-9(13-15-10)7-14-5-4-11-6-8(14)2/h8,11H,3-7H2,1-2H3. The molecule has 1 fully saturated rings. The summed E-state index contributed by atoms with van der Waals surface area (Å²) in [5.74, 6) is 1.54. The fraction of sp³-hybridized carbons (Fsp3) is 0.800. The highest BCUT2D eigenvalue weighted by molar-refractivity contribution is 4.88. The third kappa shape index (κ3) is 2.54. The molecule has 1 aliphatic heterocycles. The lowest BCUT2D eigenvalue weighted by molar-refractivity contribution is 0.160. The van der Waals surface area contributed by atoms with Crippen molar-refractivity contribution in [3.8, 4) is 0 Å². The first-order valence-corrected chi connectivity index (χ1v) is 5.56. The Hall–Kier alpha value is -0.940. The first kappa shape index (κ1) is 10.6. The molecule has 5 nitrogen and oxygen atoms in total. The van der Waals surface area contributed by atoms with Gasteiger partial charge in [0.1, 0.15) is 0 Å². The Kier molecular flexibility index (Phi) is 3.33. The quantitative estimate of drug-likeness (QED) is 0.784. The van der Waals surface area contributed by atoms with Gasteiger partial charge in [-0.1, -0.05) is 12.1 Å². The normalized spacial score (nSPS) is 23.2. The van der Waals surface area contributed by atoms with Gasteiger partial charge in [-0.05, 0) is 6.92 Å². The highest BCUT2D eigenvalue weighted by atomic mass is 16.5. The van der Waals surface area contributed by atoms with Gasteiger partial charge in [0.2, 0.25) is 5.89 Å². The van der Waals surface area contributed by atoms with Crippen molar-refractivity contribution in [2.24, 2.45) is 0 Å². The fourth-order valence-electron chi connectivity index (χ4n) is 1.80. The Morgan fingerprint density at radius 2 is 2.47 bits per heavy atom. The van der Waals surface area contributed by atoms with Crippen molar-refractivity contribution in [3.05, 3.63) is 11.7 Å². The maximum atomic E-state index is 5.09. The molecule has 0 amide bonds. The zero-order valence-electron chi connectivity index (χ0n) is 9.36. The van der Waals surface area contributed by atoms with E-state index >= 15 is 0 Å². The second-order valence-corrected chi connectivity index (χ2v) is 3.98. The number of piperazine rings is 1. The Morgan fingerprint density at radius 3 is 3.13 bits per heavy atom. The maximum absolute atomic E-state index is 5.09. The summed E-state index contributed by atoms with van der Waals surface area (Å²) in [7, 11) is 0. The van der Waals surface area contributed by atoms with Crippen LogP contribution < -0.4 is 5.32 Å². The molecular formula is C10H18N4O. The number of hydrogen-bond acceptors (Lipinski definition) is 5. The zero-order chi connectivity index (χ0) is 10.7. The third-order valence-electron chi connectivity index (χ3n) is 2.80. The molecule has 1 unspecified atom stereocenters. The lowest BCUT2D eigenvalue weighted by Gasteiger charge is -2.32. The molecule has 0 bridgehead atoms. The van der Waals surface area contributed by atoms with Crippen LogP contribution in [-0.2, 0) is 13.0 Å². The predicted molar refractivity (Wildman–Crippen MR) is 56.4 cm³/mol. The van der Waals surface area contributed by atoms with Crippen molar-refractivity contribution in [1.29, 1.82) is 0 Å². The van der Waals surface area contributed by atoms with Crippen molar-refractivity contribution in [2.45, 2.75) is 32.9 Å². The van der Waals surface area contributed by atoms with Crippen LogP contribution in [0.1, 0.15) is 25.6 Å². The van der Waals surface area contributed by atoms with Crippen LogP contribution in [0.3, 0.4) is 0 Å². The van der Waals surface area contributed by atoms with Crippen molar-refractivity contribution in [1.82, 2.24) is 20.4 Å². The Balaban J connectivity index is 1.95. The van der Waals surface area contributed by atoms with E-state index in [4.69, 9.17) is 4.52 Å². The summed E-state index contributed by atoms with van der Waals surface area (Å²) in [5, 5.41) is 7.33. The highest BCUT2D eigenvalue weighted by Gasteiger charge is 2.19. The minimum Gasteiger partial charge on any atom is -0.339 e. The van der Waals surface area contributed by atoms with Gasteiger partial charge in [-0.3, -0.25) is 4.90 Å². The van der Waals surface area contributed by atoms with Crippen LogP contribution in [0, 0.1) is 0 Å². The number of aromatic nitrogens is 2. The van der Waals surface area contributed by atoms with E-state index in [0.717, 1.165) is 44.3 Å². The van der Waals surface area contributed by atoms with Gasteiger partial charge >= 0.3 is 0 Å². The van der Waals surface area contributed by atoms with Crippen molar-refractivity contribution in [3.63, 3.8) is 0 Å². The molecule has 84 valence electrons. The van der Waals surface area contributed by atoms with E-state index in [-0.39, 0.29) is 0 Å². The van der Waals surface area contributed by atoms with Gasteiger partial charge in [-0.15, -0.1) is 0 Å². The zero-order valence-corrected chi connectivity index (χ0v) is 9.36. The van der Waals surface area contributed by atoms with E-state index in [9.17, 15) is 0 Å².